The van der Waals surface area contributed by atoms with Crippen molar-refractivity contribution in [2.24, 2.45) is 23.3 Å². The third-order valence-electron chi connectivity index (χ3n) is 4.56. The Hall–Kier alpha value is -1.10. The highest BCUT2D eigenvalue weighted by Crippen LogP contribution is 2.13. The maximum Gasteiger partial charge on any atom is 0.118 e. The summed E-state index contributed by atoms with van der Waals surface area (Å²) in [4.78, 5) is 2.56. The van der Waals surface area contributed by atoms with Crippen LogP contribution in [-0.2, 0) is 6.42 Å². The number of nitrogens with zero attached hydrogens (tertiary/aromatic N) is 1. The van der Waals surface area contributed by atoms with Gasteiger partial charge >= 0.3 is 0 Å². The van der Waals surface area contributed by atoms with Crippen LogP contribution in [0.2, 0.25) is 0 Å². The second-order valence-electron chi connectivity index (χ2n) is 6.70. The minimum atomic E-state index is 0.588. The van der Waals surface area contributed by atoms with Gasteiger partial charge in [0, 0.05) is 6.54 Å². The van der Waals surface area contributed by atoms with Gasteiger partial charge in [0.1, 0.15) is 5.75 Å². The predicted octanol–water partition coefficient (Wildman–Crippen LogP) is 2.51. The summed E-state index contributed by atoms with van der Waals surface area (Å²) in [6.45, 7) is 9.31. The average Bonchev–Trinajstić information content (AvgIpc) is 2.60. The standard InChI is InChI=1S/C19H35N3O/c1-16(14-20)8-11-22(12-9-17(2)15-21)13-10-18-4-6-19(23-3)7-5-18/h4-7,16-17H,8-15,20-21H2,1-3H3. The average molecular weight is 322 g/mol. The molecule has 4 nitrogen and oxygen atoms in total. The molecule has 0 bridgehead atoms. The largest absolute Gasteiger partial charge is 0.497 e. The van der Waals surface area contributed by atoms with E-state index in [0.717, 1.165) is 57.7 Å². The van der Waals surface area contributed by atoms with E-state index in [1.807, 2.05) is 12.1 Å². The maximum absolute atomic E-state index is 5.75. The fourth-order valence-corrected chi connectivity index (χ4v) is 2.46. The Kier molecular flexibility index (Phi) is 9.92. The van der Waals surface area contributed by atoms with Crippen LogP contribution < -0.4 is 16.2 Å². The summed E-state index contributed by atoms with van der Waals surface area (Å²) in [6, 6.07) is 8.38. The number of ether oxygens (including phenoxy) is 1. The van der Waals surface area contributed by atoms with Gasteiger partial charge in [-0.2, -0.15) is 0 Å². The molecule has 132 valence electrons. The number of rotatable bonds is 12. The zero-order chi connectivity index (χ0) is 17.1. The van der Waals surface area contributed by atoms with Gasteiger partial charge in [0.2, 0.25) is 0 Å². The van der Waals surface area contributed by atoms with Crippen molar-refractivity contribution >= 4 is 0 Å². The quantitative estimate of drug-likeness (QED) is 0.621. The SMILES string of the molecule is COc1ccc(CCN(CCC(C)CN)CCC(C)CN)cc1. The molecule has 2 unspecified atom stereocenters. The molecule has 1 aromatic carbocycles. The van der Waals surface area contributed by atoms with Crippen LogP contribution in [-0.4, -0.2) is 44.7 Å². The first-order valence-corrected chi connectivity index (χ1v) is 8.84. The van der Waals surface area contributed by atoms with E-state index in [0.29, 0.717) is 11.8 Å². The van der Waals surface area contributed by atoms with Gasteiger partial charge in [-0.1, -0.05) is 26.0 Å². The Balaban J connectivity index is 2.48. The molecule has 0 saturated carbocycles. The van der Waals surface area contributed by atoms with E-state index in [1.54, 1.807) is 7.11 Å². The van der Waals surface area contributed by atoms with Crippen LogP contribution in [0, 0.1) is 11.8 Å². The van der Waals surface area contributed by atoms with E-state index in [-0.39, 0.29) is 0 Å². The number of hydrogen-bond donors (Lipinski definition) is 2. The predicted molar refractivity (Wildman–Crippen MR) is 98.8 cm³/mol. The van der Waals surface area contributed by atoms with Crippen molar-refractivity contribution in [3.63, 3.8) is 0 Å². The molecule has 0 fully saturated rings. The first-order chi connectivity index (χ1) is 11.1. The lowest BCUT2D eigenvalue weighted by molar-refractivity contribution is 0.242. The summed E-state index contributed by atoms with van der Waals surface area (Å²) in [5.74, 6) is 2.09. The van der Waals surface area contributed by atoms with Crippen molar-refractivity contribution in [1.82, 2.24) is 4.90 Å². The highest BCUT2D eigenvalue weighted by atomic mass is 16.5. The fraction of sp³-hybridized carbons (Fsp3) is 0.684. The Morgan fingerprint density at radius 1 is 0.913 bits per heavy atom. The van der Waals surface area contributed by atoms with E-state index in [4.69, 9.17) is 16.2 Å². The molecule has 0 heterocycles. The van der Waals surface area contributed by atoms with Gasteiger partial charge in [0.05, 0.1) is 7.11 Å². The van der Waals surface area contributed by atoms with Crippen LogP contribution in [0.5, 0.6) is 5.75 Å². The maximum atomic E-state index is 5.75. The van der Waals surface area contributed by atoms with E-state index in [2.05, 4.69) is 30.9 Å². The molecular formula is C19H35N3O. The molecule has 0 aromatic heterocycles. The van der Waals surface area contributed by atoms with Crippen LogP contribution in [0.15, 0.2) is 24.3 Å². The molecule has 0 radical (unpaired) electrons. The lowest BCUT2D eigenvalue weighted by atomic mass is 10.1. The van der Waals surface area contributed by atoms with Gasteiger partial charge in [-0.3, -0.25) is 0 Å². The molecule has 1 rings (SSSR count). The number of nitrogens with two attached hydrogens (primary N) is 2. The lowest BCUT2D eigenvalue weighted by Crippen LogP contribution is -2.32. The van der Waals surface area contributed by atoms with Crippen LogP contribution >= 0.6 is 0 Å². The first kappa shape index (κ1) is 19.9. The summed E-state index contributed by atoms with van der Waals surface area (Å²) in [7, 11) is 1.70. The minimum Gasteiger partial charge on any atom is -0.497 e. The Morgan fingerprint density at radius 2 is 1.43 bits per heavy atom. The molecule has 0 amide bonds. The van der Waals surface area contributed by atoms with Crippen molar-refractivity contribution in [2.45, 2.75) is 33.1 Å². The summed E-state index contributed by atoms with van der Waals surface area (Å²) < 4.78 is 5.22. The molecule has 2 atom stereocenters. The first-order valence-electron chi connectivity index (χ1n) is 8.84. The van der Waals surface area contributed by atoms with E-state index in [9.17, 15) is 0 Å². The van der Waals surface area contributed by atoms with Crippen LogP contribution in [0.25, 0.3) is 0 Å². The minimum absolute atomic E-state index is 0.588. The smallest absolute Gasteiger partial charge is 0.118 e. The molecule has 4 heteroatoms. The van der Waals surface area contributed by atoms with Gasteiger partial charge < -0.3 is 21.1 Å². The van der Waals surface area contributed by atoms with E-state index < -0.39 is 0 Å². The van der Waals surface area contributed by atoms with Gasteiger partial charge in [-0.15, -0.1) is 0 Å². The highest BCUT2D eigenvalue weighted by Gasteiger charge is 2.10. The second-order valence-corrected chi connectivity index (χ2v) is 6.70. The monoisotopic (exact) mass is 321 g/mol. The fourth-order valence-electron chi connectivity index (χ4n) is 2.46. The molecular weight excluding hydrogens is 286 g/mol. The molecule has 0 saturated heterocycles. The van der Waals surface area contributed by atoms with Gasteiger partial charge in [-0.05, 0) is 75.0 Å². The summed E-state index contributed by atoms with van der Waals surface area (Å²) in [5.41, 5.74) is 12.9. The molecule has 23 heavy (non-hydrogen) atoms. The molecule has 0 aliphatic heterocycles. The number of benzene rings is 1. The Bertz CT molecular complexity index is 394. The molecule has 0 spiro atoms. The zero-order valence-corrected chi connectivity index (χ0v) is 15.1. The normalized spacial score (nSPS) is 14.0. The zero-order valence-electron chi connectivity index (χ0n) is 15.1. The van der Waals surface area contributed by atoms with Crippen LogP contribution in [0.4, 0.5) is 0 Å². The Labute approximate surface area is 142 Å². The van der Waals surface area contributed by atoms with Crippen molar-refractivity contribution in [3.05, 3.63) is 29.8 Å². The number of hydrogen-bond acceptors (Lipinski definition) is 4. The third kappa shape index (κ3) is 8.35. The summed E-state index contributed by atoms with van der Waals surface area (Å²) >= 11 is 0. The highest BCUT2D eigenvalue weighted by molar-refractivity contribution is 5.27. The van der Waals surface area contributed by atoms with Crippen molar-refractivity contribution in [3.8, 4) is 5.75 Å². The van der Waals surface area contributed by atoms with E-state index in [1.165, 1.54) is 5.56 Å². The van der Waals surface area contributed by atoms with Crippen LogP contribution in [0.3, 0.4) is 0 Å². The third-order valence-corrected chi connectivity index (χ3v) is 4.56. The molecule has 0 aliphatic rings. The second kappa shape index (κ2) is 11.4. The molecule has 0 aliphatic carbocycles. The van der Waals surface area contributed by atoms with Crippen LogP contribution in [0.1, 0.15) is 32.3 Å². The summed E-state index contributed by atoms with van der Waals surface area (Å²) in [6.07, 6.45) is 3.39. The molecule has 4 N–H and O–H groups in total. The summed E-state index contributed by atoms with van der Waals surface area (Å²) in [5, 5.41) is 0. The van der Waals surface area contributed by atoms with Crippen molar-refractivity contribution in [1.29, 1.82) is 0 Å². The topological polar surface area (TPSA) is 64.5 Å². The van der Waals surface area contributed by atoms with Gasteiger partial charge in [-0.25, -0.2) is 0 Å². The number of methoxy groups -OCH3 is 1. The van der Waals surface area contributed by atoms with Gasteiger partial charge in [0.25, 0.3) is 0 Å². The van der Waals surface area contributed by atoms with Crippen molar-refractivity contribution < 1.29 is 4.74 Å². The van der Waals surface area contributed by atoms with E-state index >= 15 is 0 Å². The van der Waals surface area contributed by atoms with Crippen molar-refractivity contribution in [2.75, 3.05) is 39.8 Å². The molecule has 1 aromatic rings. The lowest BCUT2D eigenvalue weighted by Gasteiger charge is -2.25. The Morgan fingerprint density at radius 3 is 1.87 bits per heavy atom. The van der Waals surface area contributed by atoms with Gasteiger partial charge in [0.15, 0.2) is 0 Å².